The quantitative estimate of drug-likeness (QED) is 0.358. The Morgan fingerprint density at radius 1 is 1.13 bits per heavy atom. The predicted octanol–water partition coefficient (Wildman–Crippen LogP) is 2.15. The van der Waals surface area contributed by atoms with Crippen molar-refractivity contribution in [3.8, 4) is 0 Å². The summed E-state index contributed by atoms with van der Waals surface area (Å²) in [4.78, 5) is 6.98. The van der Waals surface area contributed by atoms with Gasteiger partial charge in [-0.05, 0) is 43.7 Å². The minimum Gasteiger partial charge on any atom is -0.355 e. The third kappa shape index (κ3) is 6.71. The fourth-order valence-electron chi connectivity index (χ4n) is 2.86. The Morgan fingerprint density at radius 2 is 1.83 bits per heavy atom. The molecule has 2 N–H and O–H groups in total. The first-order valence-electron chi connectivity index (χ1n) is 8.64. The van der Waals surface area contributed by atoms with Gasteiger partial charge < -0.3 is 15.2 Å². The molecule has 0 amide bonds. The molecule has 1 aromatic rings. The Balaban J connectivity index is 0.00000192. The standard InChI is InChI=1S/C17H29N5.HI/c1-18-17(19-8-12-21-10-2-3-11-21)20-9-13-22(16-6-7-16)14-15-4-5-15;/h2-3,10-11,15-16H,4-9,12-14H2,1H3,(H2,18,19,20);1H. The van der Waals surface area contributed by atoms with Crippen LogP contribution in [0.4, 0.5) is 0 Å². The van der Waals surface area contributed by atoms with E-state index in [1.807, 2.05) is 7.05 Å². The van der Waals surface area contributed by atoms with E-state index in [1.54, 1.807) is 0 Å². The third-order valence-electron chi connectivity index (χ3n) is 4.50. The van der Waals surface area contributed by atoms with Gasteiger partial charge in [-0.3, -0.25) is 9.89 Å². The maximum atomic E-state index is 4.30. The van der Waals surface area contributed by atoms with Crippen LogP contribution in [0.5, 0.6) is 0 Å². The van der Waals surface area contributed by atoms with Gasteiger partial charge in [0.2, 0.25) is 0 Å². The van der Waals surface area contributed by atoms with Crippen LogP contribution < -0.4 is 10.6 Å². The summed E-state index contributed by atoms with van der Waals surface area (Å²) in [5.41, 5.74) is 0. The van der Waals surface area contributed by atoms with Crippen LogP contribution in [-0.4, -0.2) is 54.7 Å². The fraction of sp³-hybridized carbons (Fsp3) is 0.706. The minimum absolute atomic E-state index is 0. The van der Waals surface area contributed by atoms with Crippen molar-refractivity contribution in [2.45, 2.75) is 38.3 Å². The Kier molecular flexibility index (Phi) is 7.69. The van der Waals surface area contributed by atoms with Gasteiger partial charge in [-0.25, -0.2) is 0 Å². The topological polar surface area (TPSA) is 44.6 Å². The maximum absolute atomic E-state index is 4.30. The SMILES string of the molecule is CN=C(NCCN(CC1CC1)C1CC1)NCCn1cccc1.I. The first-order valence-corrected chi connectivity index (χ1v) is 8.64. The lowest BCUT2D eigenvalue weighted by Gasteiger charge is -2.22. The number of nitrogens with zero attached hydrogens (tertiary/aromatic N) is 3. The maximum Gasteiger partial charge on any atom is 0.191 e. The molecule has 130 valence electrons. The highest BCUT2D eigenvalue weighted by atomic mass is 127. The largest absolute Gasteiger partial charge is 0.355 e. The normalized spacial score (nSPS) is 17.9. The summed E-state index contributed by atoms with van der Waals surface area (Å²) in [6.07, 6.45) is 9.86. The van der Waals surface area contributed by atoms with E-state index in [0.717, 1.165) is 44.1 Å². The molecule has 0 saturated heterocycles. The van der Waals surface area contributed by atoms with Crippen LogP contribution in [0.3, 0.4) is 0 Å². The molecule has 0 bridgehead atoms. The van der Waals surface area contributed by atoms with Crippen molar-refractivity contribution < 1.29 is 0 Å². The van der Waals surface area contributed by atoms with Crippen LogP contribution in [-0.2, 0) is 6.54 Å². The van der Waals surface area contributed by atoms with Crippen LogP contribution in [0.1, 0.15) is 25.7 Å². The lowest BCUT2D eigenvalue weighted by Crippen LogP contribution is -2.43. The molecule has 6 heteroatoms. The highest BCUT2D eigenvalue weighted by Gasteiger charge is 2.33. The lowest BCUT2D eigenvalue weighted by atomic mass is 10.3. The predicted molar refractivity (Wildman–Crippen MR) is 107 cm³/mol. The molecule has 1 aromatic heterocycles. The summed E-state index contributed by atoms with van der Waals surface area (Å²) in [6.45, 7) is 5.28. The number of aliphatic imine (C=N–C) groups is 1. The van der Waals surface area contributed by atoms with Crippen LogP contribution in [0.15, 0.2) is 29.5 Å². The van der Waals surface area contributed by atoms with Gasteiger partial charge in [-0.1, -0.05) is 0 Å². The monoisotopic (exact) mass is 431 g/mol. The number of hydrogen-bond donors (Lipinski definition) is 2. The molecule has 5 nitrogen and oxygen atoms in total. The molecule has 0 aliphatic heterocycles. The zero-order chi connectivity index (χ0) is 15.2. The van der Waals surface area contributed by atoms with Gasteiger partial charge in [0.15, 0.2) is 5.96 Å². The molecule has 2 saturated carbocycles. The summed E-state index contributed by atoms with van der Waals surface area (Å²) in [7, 11) is 1.84. The number of halogens is 1. The van der Waals surface area contributed by atoms with Gasteiger partial charge in [0.25, 0.3) is 0 Å². The van der Waals surface area contributed by atoms with Crippen LogP contribution in [0.2, 0.25) is 0 Å². The van der Waals surface area contributed by atoms with E-state index in [2.05, 4.69) is 49.6 Å². The van der Waals surface area contributed by atoms with E-state index >= 15 is 0 Å². The smallest absolute Gasteiger partial charge is 0.191 e. The molecule has 1 heterocycles. The van der Waals surface area contributed by atoms with Gasteiger partial charge in [-0.15, -0.1) is 24.0 Å². The number of guanidine groups is 1. The van der Waals surface area contributed by atoms with E-state index in [0.29, 0.717) is 0 Å². The summed E-state index contributed by atoms with van der Waals surface area (Å²) in [5.74, 6) is 1.90. The molecule has 2 aliphatic rings. The highest BCUT2D eigenvalue weighted by Crippen LogP contribution is 2.34. The second-order valence-corrected chi connectivity index (χ2v) is 6.52. The van der Waals surface area contributed by atoms with Crippen LogP contribution in [0.25, 0.3) is 0 Å². The van der Waals surface area contributed by atoms with Gasteiger partial charge in [-0.2, -0.15) is 0 Å². The Bertz CT molecular complexity index is 465. The van der Waals surface area contributed by atoms with Gasteiger partial charge in [0.1, 0.15) is 0 Å². The van der Waals surface area contributed by atoms with Gasteiger partial charge in [0.05, 0.1) is 0 Å². The molecule has 0 radical (unpaired) electrons. The number of rotatable bonds is 9. The summed E-state index contributed by atoms with van der Waals surface area (Å²) >= 11 is 0. The fourth-order valence-corrected chi connectivity index (χ4v) is 2.86. The number of aromatic nitrogens is 1. The van der Waals surface area contributed by atoms with E-state index in [1.165, 1.54) is 32.2 Å². The van der Waals surface area contributed by atoms with Crippen LogP contribution >= 0.6 is 24.0 Å². The van der Waals surface area contributed by atoms with Crippen molar-refractivity contribution in [2.24, 2.45) is 10.9 Å². The van der Waals surface area contributed by atoms with Crippen molar-refractivity contribution in [3.05, 3.63) is 24.5 Å². The van der Waals surface area contributed by atoms with Crippen molar-refractivity contribution in [1.29, 1.82) is 0 Å². The summed E-state index contributed by atoms with van der Waals surface area (Å²) < 4.78 is 2.17. The van der Waals surface area contributed by atoms with E-state index in [4.69, 9.17) is 0 Å². The molecular formula is C17H30IN5. The van der Waals surface area contributed by atoms with Crippen molar-refractivity contribution in [1.82, 2.24) is 20.1 Å². The molecule has 0 atom stereocenters. The molecule has 2 aliphatic carbocycles. The van der Waals surface area contributed by atoms with Crippen molar-refractivity contribution >= 4 is 29.9 Å². The second-order valence-electron chi connectivity index (χ2n) is 6.52. The van der Waals surface area contributed by atoms with Gasteiger partial charge in [0, 0.05) is 58.2 Å². The average Bonchev–Trinajstić information content (AvgIpc) is 3.45. The average molecular weight is 431 g/mol. The zero-order valence-electron chi connectivity index (χ0n) is 14.1. The Labute approximate surface area is 156 Å². The molecule has 0 spiro atoms. The zero-order valence-corrected chi connectivity index (χ0v) is 16.4. The Hall–Kier alpha value is -0.760. The third-order valence-corrected chi connectivity index (χ3v) is 4.50. The Morgan fingerprint density at radius 3 is 2.43 bits per heavy atom. The molecule has 23 heavy (non-hydrogen) atoms. The number of nitrogens with one attached hydrogen (secondary N) is 2. The van der Waals surface area contributed by atoms with Crippen LogP contribution in [0, 0.1) is 5.92 Å². The van der Waals surface area contributed by atoms with E-state index in [-0.39, 0.29) is 24.0 Å². The number of hydrogen-bond acceptors (Lipinski definition) is 2. The molecule has 3 rings (SSSR count). The van der Waals surface area contributed by atoms with E-state index < -0.39 is 0 Å². The summed E-state index contributed by atoms with van der Waals surface area (Å²) in [5, 5.41) is 6.82. The highest BCUT2D eigenvalue weighted by molar-refractivity contribution is 14.0. The van der Waals surface area contributed by atoms with E-state index in [9.17, 15) is 0 Å². The lowest BCUT2D eigenvalue weighted by molar-refractivity contribution is 0.256. The minimum atomic E-state index is 0. The molecule has 0 aromatic carbocycles. The summed E-state index contributed by atoms with van der Waals surface area (Å²) in [6, 6.07) is 4.98. The first kappa shape index (κ1) is 18.6. The second kappa shape index (κ2) is 9.52. The molecule has 0 unspecified atom stereocenters. The molecular weight excluding hydrogens is 401 g/mol. The van der Waals surface area contributed by atoms with Crippen molar-refractivity contribution in [3.63, 3.8) is 0 Å². The molecule has 2 fully saturated rings. The van der Waals surface area contributed by atoms with Gasteiger partial charge >= 0.3 is 0 Å². The first-order chi connectivity index (χ1) is 10.8. The van der Waals surface area contributed by atoms with Crippen molar-refractivity contribution in [2.75, 3.05) is 33.2 Å².